The van der Waals surface area contributed by atoms with E-state index >= 15 is 0 Å². The van der Waals surface area contributed by atoms with Crippen LogP contribution in [-0.2, 0) is 14.3 Å². The van der Waals surface area contributed by atoms with Gasteiger partial charge >= 0.3 is 0 Å². The zero-order chi connectivity index (χ0) is 15.8. The van der Waals surface area contributed by atoms with E-state index in [4.69, 9.17) is 9.47 Å². The fraction of sp³-hybridized carbons (Fsp3) is 0.944. The largest absolute Gasteiger partial charge is 0.376 e. The maximum Gasteiger partial charge on any atom is 0.249 e. The molecule has 0 radical (unpaired) electrons. The van der Waals surface area contributed by atoms with Crippen LogP contribution in [-0.4, -0.2) is 37.4 Å². The highest BCUT2D eigenvalue weighted by Crippen LogP contribution is 2.30. The van der Waals surface area contributed by atoms with Crippen molar-refractivity contribution < 1.29 is 14.3 Å². The Kier molecular flexibility index (Phi) is 7.67. The van der Waals surface area contributed by atoms with Gasteiger partial charge in [-0.1, -0.05) is 26.2 Å². The number of ether oxygens (including phenoxy) is 2. The van der Waals surface area contributed by atoms with Gasteiger partial charge in [-0.25, -0.2) is 0 Å². The Balaban J connectivity index is 1.68. The topological polar surface area (TPSA) is 47.6 Å². The minimum absolute atomic E-state index is 0.0456. The lowest BCUT2D eigenvalue weighted by molar-refractivity contribution is -0.136. The quantitative estimate of drug-likeness (QED) is 0.747. The summed E-state index contributed by atoms with van der Waals surface area (Å²) >= 11 is 0. The summed E-state index contributed by atoms with van der Waals surface area (Å²) in [6, 6.07) is 0.357. The van der Waals surface area contributed by atoms with E-state index in [2.05, 4.69) is 12.2 Å². The molecule has 0 spiro atoms. The lowest BCUT2D eigenvalue weighted by Gasteiger charge is -2.25. The van der Waals surface area contributed by atoms with Crippen molar-refractivity contribution in [2.75, 3.05) is 13.2 Å². The Hall–Kier alpha value is -0.610. The van der Waals surface area contributed by atoms with Gasteiger partial charge in [-0.05, 0) is 51.4 Å². The molecule has 22 heavy (non-hydrogen) atoms. The van der Waals surface area contributed by atoms with E-state index in [9.17, 15) is 4.79 Å². The average molecular weight is 311 g/mol. The highest BCUT2D eigenvalue weighted by atomic mass is 16.5. The molecule has 1 N–H and O–H groups in total. The molecule has 0 aromatic heterocycles. The van der Waals surface area contributed by atoms with Crippen LogP contribution < -0.4 is 5.32 Å². The first-order chi connectivity index (χ1) is 10.7. The first-order valence-corrected chi connectivity index (χ1v) is 9.24. The molecule has 4 unspecified atom stereocenters. The minimum Gasteiger partial charge on any atom is -0.376 e. The predicted molar refractivity (Wildman–Crippen MR) is 87.8 cm³/mol. The molecule has 2 fully saturated rings. The van der Waals surface area contributed by atoms with Crippen molar-refractivity contribution >= 4 is 5.91 Å². The summed E-state index contributed by atoms with van der Waals surface area (Å²) < 4.78 is 11.4. The maximum absolute atomic E-state index is 12.3. The molecule has 2 rings (SSSR count). The summed E-state index contributed by atoms with van der Waals surface area (Å²) in [5.74, 6) is 0.710. The monoisotopic (exact) mass is 311 g/mol. The van der Waals surface area contributed by atoms with E-state index in [0.29, 0.717) is 18.6 Å². The second kappa shape index (κ2) is 9.51. The molecule has 0 aromatic rings. The average Bonchev–Trinajstić information content (AvgIpc) is 2.98. The van der Waals surface area contributed by atoms with Crippen LogP contribution in [0.1, 0.15) is 71.6 Å². The highest BCUT2D eigenvalue weighted by Gasteiger charge is 2.29. The second-order valence-electron chi connectivity index (χ2n) is 6.91. The Labute approximate surface area is 135 Å². The predicted octanol–water partition coefficient (Wildman–Crippen LogP) is 3.44. The molecule has 4 heteroatoms. The summed E-state index contributed by atoms with van der Waals surface area (Å²) in [6.07, 6.45) is 10.6. The van der Waals surface area contributed by atoms with Crippen LogP contribution in [0.4, 0.5) is 0 Å². The third-order valence-electron chi connectivity index (χ3n) is 5.09. The second-order valence-corrected chi connectivity index (χ2v) is 6.91. The molecule has 4 nitrogen and oxygen atoms in total. The van der Waals surface area contributed by atoms with Gasteiger partial charge in [-0.15, -0.1) is 0 Å². The standard InChI is InChI=1S/C18H33NO3/c1-3-4-8-15-9-7-11-17(15)19-18(20)14(2)22-13-16-10-5-6-12-21-16/h14-17H,3-13H2,1-2H3,(H,19,20). The molecule has 1 saturated heterocycles. The summed E-state index contributed by atoms with van der Waals surface area (Å²) in [5, 5.41) is 3.22. The normalized spacial score (nSPS) is 30.2. The van der Waals surface area contributed by atoms with E-state index in [0.717, 1.165) is 25.9 Å². The summed E-state index contributed by atoms with van der Waals surface area (Å²) in [4.78, 5) is 12.3. The summed E-state index contributed by atoms with van der Waals surface area (Å²) in [7, 11) is 0. The van der Waals surface area contributed by atoms with E-state index in [1.807, 2.05) is 6.92 Å². The van der Waals surface area contributed by atoms with Gasteiger partial charge in [0.05, 0.1) is 12.7 Å². The Morgan fingerprint density at radius 2 is 2.14 bits per heavy atom. The molecule has 128 valence electrons. The smallest absolute Gasteiger partial charge is 0.249 e. The molecule has 2 aliphatic rings. The molecule has 1 amide bonds. The van der Waals surface area contributed by atoms with Gasteiger partial charge in [0.25, 0.3) is 0 Å². The third kappa shape index (κ3) is 5.54. The first-order valence-electron chi connectivity index (χ1n) is 9.24. The number of unbranched alkanes of at least 4 members (excludes halogenated alkanes) is 1. The van der Waals surface area contributed by atoms with Gasteiger partial charge < -0.3 is 14.8 Å². The van der Waals surface area contributed by atoms with Crippen LogP contribution in [0.2, 0.25) is 0 Å². The maximum atomic E-state index is 12.3. The molecule has 1 aliphatic heterocycles. The SMILES string of the molecule is CCCCC1CCCC1NC(=O)C(C)OCC1CCCCO1. The lowest BCUT2D eigenvalue weighted by atomic mass is 9.96. The number of hydrogen-bond donors (Lipinski definition) is 1. The number of amides is 1. The van der Waals surface area contributed by atoms with E-state index in [1.54, 1.807) is 0 Å². The molecule has 1 heterocycles. The van der Waals surface area contributed by atoms with Crippen molar-refractivity contribution in [3.63, 3.8) is 0 Å². The van der Waals surface area contributed by atoms with Crippen molar-refractivity contribution in [3.8, 4) is 0 Å². The molecule has 4 atom stereocenters. The van der Waals surface area contributed by atoms with Gasteiger partial charge in [0.2, 0.25) is 5.91 Å². The van der Waals surface area contributed by atoms with Crippen molar-refractivity contribution in [1.29, 1.82) is 0 Å². The Bertz CT molecular complexity index is 328. The van der Waals surface area contributed by atoms with Crippen LogP contribution in [0.15, 0.2) is 0 Å². The number of rotatable bonds is 8. The van der Waals surface area contributed by atoms with Crippen LogP contribution in [0.25, 0.3) is 0 Å². The van der Waals surface area contributed by atoms with Gasteiger partial charge in [-0.2, -0.15) is 0 Å². The molecular formula is C18H33NO3. The van der Waals surface area contributed by atoms with Gasteiger partial charge in [0.15, 0.2) is 0 Å². The van der Waals surface area contributed by atoms with E-state index < -0.39 is 0 Å². The van der Waals surface area contributed by atoms with E-state index in [-0.39, 0.29) is 18.1 Å². The number of carbonyl (C=O) groups is 1. The van der Waals surface area contributed by atoms with Crippen molar-refractivity contribution in [1.82, 2.24) is 5.32 Å². The van der Waals surface area contributed by atoms with Crippen LogP contribution in [0.5, 0.6) is 0 Å². The minimum atomic E-state index is -0.377. The van der Waals surface area contributed by atoms with Gasteiger partial charge in [0.1, 0.15) is 6.10 Å². The highest BCUT2D eigenvalue weighted by molar-refractivity contribution is 5.80. The number of nitrogens with one attached hydrogen (secondary N) is 1. The fourth-order valence-corrected chi connectivity index (χ4v) is 3.60. The number of hydrogen-bond acceptors (Lipinski definition) is 3. The van der Waals surface area contributed by atoms with Crippen LogP contribution in [0.3, 0.4) is 0 Å². The fourth-order valence-electron chi connectivity index (χ4n) is 3.60. The van der Waals surface area contributed by atoms with Crippen molar-refractivity contribution in [3.05, 3.63) is 0 Å². The number of carbonyl (C=O) groups excluding carboxylic acids is 1. The molecule has 0 aromatic carbocycles. The lowest BCUT2D eigenvalue weighted by Crippen LogP contribution is -2.43. The zero-order valence-electron chi connectivity index (χ0n) is 14.3. The van der Waals surface area contributed by atoms with Gasteiger partial charge in [0, 0.05) is 12.6 Å². The van der Waals surface area contributed by atoms with Crippen molar-refractivity contribution in [2.24, 2.45) is 5.92 Å². The Morgan fingerprint density at radius 1 is 1.27 bits per heavy atom. The van der Waals surface area contributed by atoms with Crippen LogP contribution >= 0.6 is 0 Å². The van der Waals surface area contributed by atoms with Gasteiger partial charge in [-0.3, -0.25) is 4.79 Å². The first kappa shape index (κ1) is 17.7. The summed E-state index contributed by atoms with van der Waals surface area (Å²) in [5.41, 5.74) is 0. The molecule has 1 aliphatic carbocycles. The zero-order valence-corrected chi connectivity index (χ0v) is 14.3. The summed E-state index contributed by atoms with van der Waals surface area (Å²) in [6.45, 7) is 5.45. The van der Waals surface area contributed by atoms with Crippen molar-refractivity contribution in [2.45, 2.75) is 89.9 Å². The Morgan fingerprint density at radius 3 is 2.86 bits per heavy atom. The molecule has 1 saturated carbocycles. The molecule has 0 bridgehead atoms. The van der Waals surface area contributed by atoms with E-state index in [1.165, 1.54) is 38.5 Å². The molecular weight excluding hydrogens is 278 g/mol. The van der Waals surface area contributed by atoms with Crippen LogP contribution in [0, 0.1) is 5.92 Å². The third-order valence-corrected chi connectivity index (χ3v) is 5.09.